The molecule has 2 rings (SSSR count). The zero-order valence-electron chi connectivity index (χ0n) is 11.9. The van der Waals surface area contributed by atoms with Crippen LogP contribution in [0.2, 0.25) is 0 Å². The Bertz CT molecular complexity index is 613. The molecule has 106 valence electrons. The van der Waals surface area contributed by atoms with Crippen LogP contribution in [0.4, 0.5) is 4.39 Å². The van der Waals surface area contributed by atoms with Crippen molar-refractivity contribution in [2.24, 2.45) is 5.84 Å². The molecule has 0 saturated heterocycles. The molecule has 0 heterocycles. The maximum Gasteiger partial charge on any atom is 0.123 e. The van der Waals surface area contributed by atoms with Crippen LogP contribution in [0.1, 0.15) is 28.3 Å². The van der Waals surface area contributed by atoms with Crippen molar-refractivity contribution in [1.29, 1.82) is 0 Å². The third-order valence-corrected chi connectivity index (χ3v) is 3.47. The quantitative estimate of drug-likeness (QED) is 0.665. The highest BCUT2D eigenvalue weighted by Crippen LogP contribution is 2.28. The van der Waals surface area contributed by atoms with E-state index in [-0.39, 0.29) is 11.9 Å². The summed E-state index contributed by atoms with van der Waals surface area (Å²) in [7, 11) is 1.64. The Kier molecular flexibility index (Phi) is 4.37. The lowest BCUT2D eigenvalue weighted by Crippen LogP contribution is -2.29. The minimum atomic E-state index is -0.268. The average Bonchev–Trinajstić information content (AvgIpc) is 2.44. The zero-order chi connectivity index (χ0) is 14.7. The van der Waals surface area contributed by atoms with Gasteiger partial charge < -0.3 is 4.74 Å². The first-order chi connectivity index (χ1) is 9.56. The Labute approximate surface area is 118 Å². The number of halogens is 1. The third-order valence-electron chi connectivity index (χ3n) is 3.47. The number of hydrogen-bond donors (Lipinski definition) is 2. The number of rotatable bonds is 4. The number of methoxy groups -OCH3 is 1. The Balaban J connectivity index is 2.46. The van der Waals surface area contributed by atoms with Gasteiger partial charge in [-0.15, -0.1) is 0 Å². The lowest BCUT2D eigenvalue weighted by molar-refractivity contribution is 0.411. The molecule has 0 fully saturated rings. The number of aryl methyl sites for hydroxylation is 2. The molecule has 0 amide bonds. The minimum absolute atomic E-state index is 0.254. The van der Waals surface area contributed by atoms with E-state index in [1.54, 1.807) is 13.2 Å². The van der Waals surface area contributed by atoms with Gasteiger partial charge in [-0.25, -0.2) is 9.82 Å². The first kappa shape index (κ1) is 14.5. The Morgan fingerprint density at radius 1 is 1.10 bits per heavy atom. The molecular weight excluding hydrogens is 255 g/mol. The molecule has 1 unspecified atom stereocenters. The van der Waals surface area contributed by atoms with Crippen molar-refractivity contribution in [2.75, 3.05) is 7.11 Å². The van der Waals surface area contributed by atoms with Crippen LogP contribution in [-0.4, -0.2) is 7.11 Å². The van der Waals surface area contributed by atoms with Crippen molar-refractivity contribution in [3.8, 4) is 5.75 Å². The van der Waals surface area contributed by atoms with E-state index in [9.17, 15) is 4.39 Å². The van der Waals surface area contributed by atoms with Crippen molar-refractivity contribution >= 4 is 0 Å². The highest BCUT2D eigenvalue weighted by atomic mass is 19.1. The van der Waals surface area contributed by atoms with E-state index in [0.717, 1.165) is 28.0 Å². The van der Waals surface area contributed by atoms with Gasteiger partial charge in [-0.3, -0.25) is 5.84 Å². The number of benzene rings is 2. The molecule has 0 aliphatic carbocycles. The second-order valence-electron chi connectivity index (χ2n) is 4.83. The smallest absolute Gasteiger partial charge is 0.123 e. The molecule has 4 heteroatoms. The van der Waals surface area contributed by atoms with E-state index in [4.69, 9.17) is 10.6 Å². The SMILES string of the molecule is COc1ccc(C(NN)c2cc(F)ccc2C)cc1C. The normalized spacial score (nSPS) is 12.2. The van der Waals surface area contributed by atoms with Gasteiger partial charge >= 0.3 is 0 Å². The van der Waals surface area contributed by atoms with E-state index in [1.807, 2.05) is 32.0 Å². The van der Waals surface area contributed by atoms with Gasteiger partial charge in [-0.05, 0) is 54.3 Å². The Morgan fingerprint density at radius 2 is 1.85 bits per heavy atom. The van der Waals surface area contributed by atoms with Gasteiger partial charge in [-0.1, -0.05) is 18.2 Å². The molecule has 0 radical (unpaired) electrons. The first-order valence-corrected chi connectivity index (χ1v) is 6.43. The molecule has 3 nitrogen and oxygen atoms in total. The summed E-state index contributed by atoms with van der Waals surface area (Å²) in [5.41, 5.74) is 6.56. The van der Waals surface area contributed by atoms with Crippen molar-refractivity contribution in [2.45, 2.75) is 19.9 Å². The third kappa shape index (κ3) is 2.81. The van der Waals surface area contributed by atoms with Crippen LogP contribution in [0.3, 0.4) is 0 Å². The van der Waals surface area contributed by atoms with E-state index in [0.29, 0.717) is 0 Å². The van der Waals surface area contributed by atoms with Crippen LogP contribution < -0.4 is 16.0 Å². The molecule has 2 aromatic rings. The molecule has 3 N–H and O–H groups in total. The van der Waals surface area contributed by atoms with Gasteiger partial charge in [0.1, 0.15) is 11.6 Å². The summed E-state index contributed by atoms with van der Waals surface area (Å²) in [6.45, 7) is 3.91. The van der Waals surface area contributed by atoms with Gasteiger partial charge in [0.05, 0.1) is 13.2 Å². The summed E-state index contributed by atoms with van der Waals surface area (Å²) >= 11 is 0. The van der Waals surface area contributed by atoms with Gasteiger partial charge in [0.2, 0.25) is 0 Å². The second kappa shape index (κ2) is 6.03. The lowest BCUT2D eigenvalue weighted by Gasteiger charge is -2.20. The zero-order valence-corrected chi connectivity index (χ0v) is 11.9. The first-order valence-electron chi connectivity index (χ1n) is 6.43. The van der Waals surface area contributed by atoms with Crippen LogP contribution in [0.15, 0.2) is 36.4 Å². The monoisotopic (exact) mass is 274 g/mol. The molecule has 0 bridgehead atoms. The van der Waals surface area contributed by atoms with E-state index in [2.05, 4.69) is 5.43 Å². The van der Waals surface area contributed by atoms with Crippen molar-refractivity contribution in [1.82, 2.24) is 5.43 Å². The van der Waals surface area contributed by atoms with Crippen LogP contribution in [0, 0.1) is 19.7 Å². The van der Waals surface area contributed by atoms with Gasteiger partial charge in [-0.2, -0.15) is 0 Å². The Hall–Kier alpha value is -1.91. The summed E-state index contributed by atoms with van der Waals surface area (Å²) in [4.78, 5) is 0. The van der Waals surface area contributed by atoms with Crippen LogP contribution in [0.25, 0.3) is 0 Å². The molecule has 0 spiro atoms. The van der Waals surface area contributed by atoms with Crippen molar-refractivity contribution in [3.63, 3.8) is 0 Å². The highest BCUT2D eigenvalue weighted by Gasteiger charge is 2.16. The molecular formula is C16H19FN2O. The summed E-state index contributed by atoms with van der Waals surface area (Å²) in [5.74, 6) is 6.23. The van der Waals surface area contributed by atoms with Crippen molar-refractivity contribution in [3.05, 3.63) is 64.5 Å². The second-order valence-corrected chi connectivity index (χ2v) is 4.83. The molecule has 0 aliphatic rings. The summed E-state index contributed by atoms with van der Waals surface area (Å²) in [6.07, 6.45) is 0. The number of nitrogens with one attached hydrogen (secondary N) is 1. The fourth-order valence-corrected chi connectivity index (χ4v) is 2.37. The number of hydrazine groups is 1. The molecule has 1 atom stereocenters. The molecule has 2 aromatic carbocycles. The lowest BCUT2D eigenvalue weighted by atomic mass is 9.94. The topological polar surface area (TPSA) is 47.3 Å². The largest absolute Gasteiger partial charge is 0.496 e. The number of ether oxygens (including phenoxy) is 1. The van der Waals surface area contributed by atoms with Crippen LogP contribution in [0.5, 0.6) is 5.75 Å². The molecule has 20 heavy (non-hydrogen) atoms. The maximum absolute atomic E-state index is 13.5. The Morgan fingerprint density at radius 3 is 2.45 bits per heavy atom. The summed E-state index contributed by atoms with van der Waals surface area (Å²) in [6, 6.07) is 10.3. The average molecular weight is 274 g/mol. The standard InChI is InChI=1S/C16H19FN2O/c1-10-4-6-13(17)9-14(10)16(19-18)12-5-7-15(20-3)11(2)8-12/h4-9,16,19H,18H2,1-3H3. The fourth-order valence-electron chi connectivity index (χ4n) is 2.37. The van der Waals surface area contributed by atoms with Gasteiger partial charge in [0, 0.05) is 0 Å². The van der Waals surface area contributed by atoms with E-state index >= 15 is 0 Å². The summed E-state index contributed by atoms with van der Waals surface area (Å²) in [5, 5.41) is 0. The van der Waals surface area contributed by atoms with E-state index < -0.39 is 0 Å². The minimum Gasteiger partial charge on any atom is -0.496 e. The van der Waals surface area contributed by atoms with Crippen LogP contribution >= 0.6 is 0 Å². The van der Waals surface area contributed by atoms with E-state index in [1.165, 1.54) is 12.1 Å². The number of hydrogen-bond acceptors (Lipinski definition) is 3. The predicted octanol–water partition coefficient (Wildman–Crippen LogP) is 3.00. The predicted molar refractivity (Wildman–Crippen MR) is 78.0 cm³/mol. The molecule has 0 aromatic heterocycles. The number of nitrogens with two attached hydrogens (primary N) is 1. The van der Waals surface area contributed by atoms with Crippen LogP contribution in [-0.2, 0) is 0 Å². The van der Waals surface area contributed by atoms with Gasteiger partial charge in [0.15, 0.2) is 0 Å². The molecule has 0 saturated carbocycles. The van der Waals surface area contributed by atoms with Crippen molar-refractivity contribution < 1.29 is 9.13 Å². The maximum atomic E-state index is 13.5. The molecule has 0 aliphatic heterocycles. The summed E-state index contributed by atoms with van der Waals surface area (Å²) < 4.78 is 18.7. The van der Waals surface area contributed by atoms with Gasteiger partial charge in [0.25, 0.3) is 0 Å². The fraction of sp³-hybridized carbons (Fsp3) is 0.250. The highest BCUT2D eigenvalue weighted by molar-refractivity contribution is 5.42.